The van der Waals surface area contributed by atoms with E-state index < -0.39 is 41.7 Å². The van der Waals surface area contributed by atoms with E-state index in [0.29, 0.717) is 12.0 Å². The lowest BCUT2D eigenvalue weighted by molar-refractivity contribution is -0.190. The number of fused-ring (bicyclic) bond motifs is 3. The summed E-state index contributed by atoms with van der Waals surface area (Å²) in [6, 6.07) is 0. The van der Waals surface area contributed by atoms with Gasteiger partial charge in [0.05, 0.1) is 12.0 Å². The van der Waals surface area contributed by atoms with Gasteiger partial charge < -0.3 is 20.1 Å². The smallest absolute Gasteiger partial charge is 0.363 e. The fraction of sp³-hybridized carbons (Fsp3) is 0.667. The maximum atomic E-state index is 14.2. The third kappa shape index (κ3) is 2.58. The van der Waals surface area contributed by atoms with Gasteiger partial charge in [-0.2, -0.15) is 0 Å². The summed E-state index contributed by atoms with van der Waals surface area (Å²) in [4.78, 5) is 27.1. The highest BCUT2D eigenvalue weighted by atomic mass is 16.6. The van der Waals surface area contributed by atoms with E-state index in [2.05, 4.69) is 28.8 Å². The van der Waals surface area contributed by atoms with E-state index in [1.54, 1.807) is 19.1 Å². The SMILES string of the molecule is CC1=C[C@]23C(=O)[C@@H](C=C(CO)[C@@H](O)[C@]2(O)[C@H]1OC(=O)c1nonc1C)[C@H]1[C@@H](C[C@H]3C)C1(C)C. The molecule has 5 rings (SSSR count). The van der Waals surface area contributed by atoms with Crippen LogP contribution in [0.1, 0.15) is 50.3 Å². The van der Waals surface area contributed by atoms with Crippen molar-refractivity contribution in [2.75, 3.05) is 6.61 Å². The molecule has 4 aliphatic carbocycles. The predicted molar refractivity (Wildman–Crippen MR) is 114 cm³/mol. The molecule has 0 aromatic carbocycles. The van der Waals surface area contributed by atoms with Crippen molar-refractivity contribution in [1.29, 1.82) is 0 Å². The summed E-state index contributed by atoms with van der Waals surface area (Å²) >= 11 is 0. The highest BCUT2D eigenvalue weighted by Crippen LogP contribution is 2.71. The molecule has 4 aliphatic rings. The van der Waals surface area contributed by atoms with Gasteiger partial charge in [-0.05, 0) is 59.7 Å². The zero-order valence-electron chi connectivity index (χ0n) is 19.4. The molecule has 2 saturated carbocycles. The first-order valence-electron chi connectivity index (χ1n) is 11.4. The highest BCUT2D eigenvalue weighted by molar-refractivity contribution is 5.96. The molecule has 0 aliphatic heterocycles. The van der Waals surface area contributed by atoms with Crippen LogP contribution >= 0.6 is 0 Å². The average Bonchev–Trinajstić information content (AvgIpc) is 3.02. The van der Waals surface area contributed by atoms with E-state index in [-0.39, 0.29) is 45.9 Å². The first-order chi connectivity index (χ1) is 15.4. The lowest BCUT2D eigenvalue weighted by Crippen LogP contribution is -2.65. The van der Waals surface area contributed by atoms with Crippen LogP contribution in [0.2, 0.25) is 0 Å². The van der Waals surface area contributed by atoms with Crippen LogP contribution in [0.15, 0.2) is 27.9 Å². The van der Waals surface area contributed by atoms with Crippen molar-refractivity contribution < 1.29 is 34.3 Å². The first-order valence-corrected chi connectivity index (χ1v) is 11.4. The third-order valence-corrected chi connectivity index (χ3v) is 8.97. The molecule has 2 bridgehead atoms. The van der Waals surface area contributed by atoms with Crippen molar-refractivity contribution in [3.8, 4) is 0 Å². The molecule has 1 spiro atoms. The largest absolute Gasteiger partial charge is 0.450 e. The second-order valence-electron chi connectivity index (χ2n) is 10.8. The molecule has 1 aromatic rings. The zero-order chi connectivity index (χ0) is 24.1. The fourth-order valence-electron chi connectivity index (χ4n) is 7.17. The van der Waals surface area contributed by atoms with E-state index in [1.807, 2.05) is 6.92 Å². The quantitative estimate of drug-likeness (QED) is 0.452. The van der Waals surface area contributed by atoms with Crippen molar-refractivity contribution in [3.63, 3.8) is 0 Å². The first kappa shape index (κ1) is 22.4. The number of rotatable bonds is 3. The van der Waals surface area contributed by atoms with Gasteiger partial charge in [-0.25, -0.2) is 9.42 Å². The summed E-state index contributed by atoms with van der Waals surface area (Å²) in [7, 11) is 0. The van der Waals surface area contributed by atoms with Gasteiger partial charge in [0.2, 0.25) is 5.69 Å². The lowest BCUT2D eigenvalue weighted by Gasteiger charge is -2.48. The van der Waals surface area contributed by atoms with Crippen molar-refractivity contribution in [2.24, 2.45) is 34.5 Å². The minimum Gasteiger partial charge on any atom is -0.450 e. The number of aliphatic hydroxyl groups is 3. The van der Waals surface area contributed by atoms with E-state index in [1.165, 1.54) is 6.92 Å². The molecule has 9 nitrogen and oxygen atoms in total. The Hall–Kier alpha value is -2.36. The molecule has 0 saturated heterocycles. The number of aliphatic hydroxyl groups excluding tert-OH is 2. The number of Topliss-reactive ketones (excluding diaryl/α,β-unsaturated/α-hetero) is 1. The van der Waals surface area contributed by atoms with Gasteiger partial charge >= 0.3 is 5.97 Å². The van der Waals surface area contributed by atoms with Crippen LogP contribution in [0.4, 0.5) is 0 Å². The minimum absolute atomic E-state index is 0.0542. The van der Waals surface area contributed by atoms with Crippen molar-refractivity contribution in [1.82, 2.24) is 10.3 Å². The summed E-state index contributed by atoms with van der Waals surface area (Å²) in [5, 5.41) is 41.0. The summed E-state index contributed by atoms with van der Waals surface area (Å²) in [5.41, 5.74) is -3.00. The Labute approximate surface area is 191 Å². The number of allylic oxidation sites excluding steroid dienone is 1. The predicted octanol–water partition coefficient (Wildman–Crippen LogP) is 1.37. The molecular weight excluding hydrogens is 428 g/mol. The maximum Gasteiger partial charge on any atom is 0.363 e. The summed E-state index contributed by atoms with van der Waals surface area (Å²) in [5.74, 6) is -1.63. The second kappa shape index (κ2) is 6.84. The van der Waals surface area contributed by atoms with Crippen LogP contribution in [-0.4, -0.2) is 61.8 Å². The number of carbonyl (C=O) groups is 2. The fourth-order valence-corrected chi connectivity index (χ4v) is 7.17. The Kier molecular flexibility index (Phi) is 4.65. The molecule has 3 N–H and O–H groups in total. The zero-order valence-corrected chi connectivity index (χ0v) is 19.4. The van der Waals surface area contributed by atoms with Crippen LogP contribution in [0.3, 0.4) is 0 Å². The van der Waals surface area contributed by atoms with Gasteiger partial charge in [-0.15, -0.1) is 0 Å². The number of carbonyl (C=O) groups excluding carboxylic acids is 2. The Balaban J connectivity index is 1.66. The van der Waals surface area contributed by atoms with Gasteiger partial charge in [0.25, 0.3) is 0 Å². The molecule has 8 atom stereocenters. The number of ether oxygens (including phenoxy) is 1. The molecule has 2 fully saturated rings. The highest BCUT2D eigenvalue weighted by Gasteiger charge is 2.76. The van der Waals surface area contributed by atoms with Gasteiger partial charge in [-0.3, -0.25) is 4.79 Å². The van der Waals surface area contributed by atoms with Crippen molar-refractivity contribution in [3.05, 3.63) is 34.7 Å². The Morgan fingerprint density at radius 2 is 2.00 bits per heavy atom. The number of aryl methyl sites for hydroxylation is 1. The standard InChI is InChI=1S/C24H30N2O7/c1-10-8-23-11(2)6-15-16(22(15,4)5)14(19(23)29)7-13(9-27)18(28)24(23,31)20(10)32-21(30)17-12(3)25-33-26-17/h7-8,11,14-16,18,20,27-28,31H,6,9H2,1-5H3/t11-,14+,15-,16+,18-,20+,23+,24+/m1/s1. The number of hydrogen-bond acceptors (Lipinski definition) is 9. The third-order valence-electron chi connectivity index (χ3n) is 8.97. The van der Waals surface area contributed by atoms with Crippen LogP contribution in [0, 0.1) is 41.4 Å². The maximum absolute atomic E-state index is 14.2. The van der Waals surface area contributed by atoms with Crippen LogP contribution < -0.4 is 0 Å². The Bertz CT molecular complexity index is 1100. The van der Waals surface area contributed by atoms with Gasteiger partial charge in [0.15, 0.2) is 17.5 Å². The molecule has 1 aromatic heterocycles. The van der Waals surface area contributed by atoms with Gasteiger partial charge in [-0.1, -0.05) is 38.1 Å². The molecular formula is C24H30N2O7. The number of aromatic nitrogens is 2. The van der Waals surface area contributed by atoms with E-state index in [9.17, 15) is 24.9 Å². The van der Waals surface area contributed by atoms with Gasteiger partial charge in [0, 0.05) is 5.92 Å². The van der Waals surface area contributed by atoms with Crippen molar-refractivity contribution in [2.45, 2.75) is 58.8 Å². The van der Waals surface area contributed by atoms with E-state index >= 15 is 0 Å². The average molecular weight is 459 g/mol. The summed E-state index contributed by atoms with van der Waals surface area (Å²) in [6.07, 6.45) is 1.09. The number of esters is 1. The molecule has 1 heterocycles. The van der Waals surface area contributed by atoms with E-state index in [0.717, 1.165) is 0 Å². The van der Waals surface area contributed by atoms with Crippen LogP contribution in [0.25, 0.3) is 0 Å². The second-order valence-corrected chi connectivity index (χ2v) is 10.8. The molecule has 0 radical (unpaired) electrons. The van der Waals surface area contributed by atoms with Crippen LogP contribution in [0.5, 0.6) is 0 Å². The Morgan fingerprint density at radius 1 is 1.30 bits per heavy atom. The Morgan fingerprint density at radius 3 is 2.61 bits per heavy atom. The molecule has 0 amide bonds. The monoisotopic (exact) mass is 458 g/mol. The minimum atomic E-state index is -2.18. The number of hydrogen-bond donors (Lipinski definition) is 3. The molecule has 33 heavy (non-hydrogen) atoms. The molecule has 178 valence electrons. The molecule has 0 unspecified atom stereocenters. The van der Waals surface area contributed by atoms with E-state index in [4.69, 9.17) is 4.74 Å². The number of nitrogens with zero attached hydrogens (tertiary/aromatic N) is 2. The lowest BCUT2D eigenvalue weighted by atomic mass is 9.59. The normalized spacial score (nSPS) is 43.0. The summed E-state index contributed by atoms with van der Waals surface area (Å²) < 4.78 is 10.3. The number of ketones is 1. The topological polar surface area (TPSA) is 143 Å². The summed E-state index contributed by atoms with van der Waals surface area (Å²) in [6.45, 7) is 8.86. The van der Waals surface area contributed by atoms with Crippen LogP contribution in [-0.2, 0) is 9.53 Å². The molecule has 9 heteroatoms. The van der Waals surface area contributed by atoms with Crippen molar-refractivity contribution >= 4 is 11.8 Å². The van der Waals surface area contributed by atoms with Gasteiger partial charge in [0.1, 0.15) is 11.8 Å².